The lowest BCUT2D eigenvalue weighted by molar-refractivity contribution is 0.252. The van der Waals surface area contributed by atoms with E-state index >= 15 is 0 Å². The summed E-state index contributed by atoms with van der Waals surface area (Å²) in [4.78, 5) is 16.1. The number of guanidine groups is 1. The van der Waals surface area contributed by atoms with E-state index in [1.54, 1.807) is 7.11 Å². The first-order valence-corrected chi connectivity index (χ1v) is 9.68. The third kappa shape index (κ3) is 4.14. The van der Waals surface area contributed by atoms with Crippen LogP contribution in [0.25, 0.3) is 10.9 Å². The number of nitrogens with one attached hydrogen (secondary N) is 2. The Hall–Kier alpha value is -3.19. The van der Waals surface area contributed by atoms with Crippen LogP contribution in [0.15, 0.2) is 41.4 Å². The van der Waals surface area contributed by atoms with E-state index in [1.165, 1.54) is 5.56 Å². The molecule has 7 heteroatoms. The van der Waals surface area contributed by atoms with E-state index in [0.29, 0.717) is 25.2 Å². The van der Waals surface area contributed by atoms with Crippen LogP contribution >= 0.6 is 0 Å². The molecule has 3 aromatic rings. The number of nitrogens with zero attached hydrogens (tertiary/aromatic N) is 4. The van der Waals surface area contributed by atoms with E-state index in [2.05, 4.69) is 57.6 Å². The zero-order valence-corrected chi connectivity index (χ0v) is 17.3. The van der Waals surface area contributed by atoms with Crippen molar-refractivity contribution in [1.82, 2.24) is 20.2 Å². The van der Waals surface area contributed by atoms with Crippen LogP contribution in [-0.2, 0) is 6.54 Å². The molecular weight excluding hydrogens is 364 g/mol. The Morgan fingerprint density at radius 3 is 2.72 bits per heavy atom. The maximum Gasteiger partial charge on any atom is 0.230 e. The van der Waals surface area contributed by atoms with Crippen molar-refractivity contribution >= 4 is 22.8 Å². The standard InChI is InChI=1S/C22H26N6O/c1-14-9-15(2)20-18(10-14)16(3)25-22(26-20)27-21-23-12-28(13-24-21)11-17-7-5-6-8-19(17)29-4/h5-10H,11-13H2,1-4H3,(H2,23,24,25,26,27). The molecule has 7 nitrogen and oxygen atoms in total. The number of aromatic nitrogens is 2. The summed E-state index contributed by atoms with van der Waals surface area (Å²) >= 11 is 0. The average Bonchev–Trinajstić information content (AvgIpc) is 2.71. The third-order valence-corrected chi connectivity index (χ3v) is 5.04. The van der Waals surface area contributed by atoms with Gasteiger partial charge < -0.3 is 10.1 Å². The summed E-state index contributed by atoms with van der Waals surface area (Å²) in [7, 11) is 1.70. The van der Waals surface area contributed by atoms with E-state index in [-0.39, 0.29) is 0 Å². The minimum absolute atomic E-state index is 0.561. The van der Waals surface area contributed by atoms with E-state index in [9.17, 15) is 0 Å². The van der Waals surface area contributed by atoms with Crippen LogP contribution in [0.4, 0.5) is 5.95 Å². The molecule has 0 saturated heterocycles. The number of benzene rings is 2. The number of aryl methyl sites for hydroxylation is 3. The Labute approximate surface area is 170 Å². The number of anilines is 1. The van der Waals surface area contributed by atoms with Gasteiger partial charge in [0.2, 0.25) is 11.9 Å². The monoisotopic (exact) mass is 390 g/mol. The Kier molecular flexibility index (Phi) is 5.31. The van der Waals surface area contributed by atoms with Gasteiger partial charge >= 0.3 is 0 Å². The number of hydrogen-bond donors (Lipinski definition) is 2. The Balaban J connectivity index is 1.47. The Morgan fingerprint density at radius 1 is 1.14 bits per heavy atom. The first-order chi connectivity index (χ1) is 14.0. The average molecular weight is 390 g/mol. The molecule has 0 fully saturated rings. The van der Waals surface area contributed by atoms with Crippen LogP contribution in [0.2, 0.25) is 0 Å². The van der Waals surface area contributed by atoms with Crippen LogP contribution in [0.5, 0.6) is 5.75 Å². The largest absolute Gasteiger partial charge is 0.496 e. The highest BCUT2D eigenvalue weighted by molar-refractivity contribution is 5.94. The van der Waals surface area contributed by atoms with Gasteiger partial charge in [0.1, 0.15) is 5.75 Å². The fraction of sp³-hybridized carbons (Fsp3) is 0.318. The maximum atomic E-state index is 5.44. The topological polar surface area (TPSA) is 74.7 Å². The smallest absolute Gasteiger partial charge is 0.230 e. The fourth-order valence-electron chi connectivity index (χ4n) is 3.62. The molecule has 2 N–H and O–H groups in total. The van der Waals surface area contributed by atoms with Gasteiger partial charge in [0.05, 0.1) is 31.7 Å². The number of fused-ring (bicyclic) bond motifs is 1. The number of aliphatic imine (C=N–C) groups is 1. The summed E-state index contributed by atoms with van der Waals surface area (Å²) in [5.41, 5.74) is 5.44. The van der Waals surface area contributed by atoms with Crippen LogP contribution in [0, 0.1) is 20.8 Å². The summed E-state index contributed by atoms with van der Waals surface area (Å²) < 4.78 is 5.44. The predicted octanol–water partition coefficient (Wildman–Crippen LogP) is 3.35. The molecular formula is C22H26N6O. The number of rotatable bonds is 4. The number of hydrogen-bond acceptors (Lipinski definition) is 7. The highest BCUT2D eigenvalue weighted by atomic mass is 16.5. The lowest BCUT2D eigenvalue weighted by Gasteiger charge is -2.27. The van der Waals surface area contributed by atoms with Gasteiger partial charge in [0.25, 0.3) is 0 Å². The molecule has 2 heterocycles. The maximum absolute atomic E-state index is 5.44. The van der Waals surface area contributed by atoms with Crippen molar-refractivity contribution < 1.29 is 4.74 Å². The molecule has 0 bridgehead atoms. The van der Waals surface area contributed by atoms with E-state index in [1.807, 2.05) is 25.1 Å². The molecule has 0 spiro atoms. The van der Waals surface area contributed by atoms with Gasteiger partial charge in [-0.2, -0.15) is 0 Å². The molecule has 1 aliphatic rings. The van der Waals surface area contributed by atoms with Crippen LogP contribution in [0.1, 0.15) is 22.4 Å². The summed E-state index contributed by atoms with van der Waals surface area (Å²) in [6.45, 7) is 8.21. The van der Waals surface area contributed by atoms with Gasteiger partial charge in [-0.25, -0.2) is 15.0 Å². The molecule has 0 atom stereocenters. The third-order valence-electron chi connectivity index (χ3n) is 5.04. The van der Waals surface area contributed by atoms with Gasteiger partial charge in [-0.15, -0.1) is 0 Å². The van der Waals surface area contributed by atoms with Gasteiger partial charge in [-0.3, -0.25) is 10.2 Å². The Morgan fingerprint density at radius 2 is 1.97 bits per heavy atom. The lowest BCUT2D eigenvalue weighted by Crippen LogP contribution is -2.45. The number of ether oxygens (including phenoxy) is 1. The number of methoxy groups -OCH3 is 1. The van der Waals surface area contributed by atoms with Crippen LogP contribution in [-0.4, -0.2) is 41.3 Å². The molecule has 150 valence electrons. The molecule has 0 unspecified atom stereocenters. The van der Waals surface area contributed by atoms with Crippen molar-refractivity contribution in [1.29, 1.82) is 0 Å². The van der Waals surface area contributed by atoms with Gasteiger partial charge in [-0.1, -0.05) is 29.8 Å². The van der Waals surface area contributed by atoms with Crippen LogP contribution < -0.4 is 15.4 Å². The van der Waals surface area contributed by atoms with Crippen molar-refractivity contribution in [3.05, 3.63) is 58.8 Å². The molecule has 0 amide bonds. The molecule has 0 aliphatic carbocycles. The lowest BCUT2D eigenvalue weighted by atomic mass is 10.1. The summed E-state index contributed by atoms with van der Waals surface area (Å²) in [6.07, 6.45) is 0. The zero-order chi connectivity index (χ0) is 20.4. The van der Waals surface area contributed by atoms with Crippen molar-refractivity contribution in [2.24, 2.45) is 4.99 Å². The minimum Gasteiger partial charge on any atom is -0.496 e. The van der Waals surface area contributed by atoms with E-state index in [0.717, 1.165) is 40.0 Å². The van der Waals surface area contributed by atoms with Crippen molar-refractivity contribution in [3.63, 3.8) is 0 Å². The van der Waals surface area contributed by atoms with Crippen molar-refractivity contribution in [3.8, 4) is 5.75 Å². The van der Waals surface area contributed by atoms with Gasteiger partial charge in [0, 0.05) is 17.5 Å². The van der Waals surface area contributed by atoms with E-state index < -0.39 is 0 Å². The second kappa shape index (κ2) is 8.05. The quantitative estimate of drug-likeness (QED) is 0.712. The molecule has 1 aliphatic heterocycles. The van der Waals surface area contributed by atoms with Gasteiger partial charge in [0.15, 0.2) is 0 Å². The normalized spacial score (nSPS) is 14.4. The predicted molar refractivity (Wildman–Crippen MR) is 116 cm³/mol. The second-order valence-corrected chi connectivity index (χ2v) is 7.36. The zero-order valence-electron chi connectivity index (χ0n) is 17.3. The van der Waals surface area contributed by atoms with Crippen LogP contribution in [0.3, 0.4) is 0 Å². The second-order valence-electron chi connectivity index (χ2n) is 7.36. The molecule has 0 radical (unpaired) electrons. The molecule has 1 aromatic heterocycles. The first kappa shape index (κ1) is 19.1. The summed E-state index contributed by atoms with van der Waals surface area (Å²) in [6, 6.07) is 12.3. The fourth-order valence-corrected chi connectivity index (χ4v) is 3.62. The van der Waals surface area contributed by atoms with Crippen molar-refractivity contribution in [2.45, 2.75) is 27.3 Å². The molecule has 4 rings (SSSR count). The molecule has 0 saturated carbocycles. The van der Waals surface area contributed by atoms with Crippen molar-refractivity contribution in [2.75, 3.05) is 25.8 Å². The molecule has 29 heavy (non-hydrogen) atoms. The first-order valence-electron chi connectivity index (χ1n) is 9.68. The summed E-state index contributed by atoms with van der Waals surface area (Å²) in [5.74, 6) is 2.14. The highest BCUT2D eigenvalue weighted by Crippen LogP contribution is 2.23. The Bertz CT molecular complexity index is 1080. The van der Waals surface area contributed by atoms with Gasteiger partial charge in [-0.05, 0) is 38.5 Å². The highest BCUT2D eigenvalue weighted by Gasteiger charge is 2.16. The molecule has 2 aromatic carbocycles. The SMILES string of the molecule is COc1ccccc1CN1CN=C(Nc2nc(C)c3cc(C)cc(C)c3n2)NC1. The summed E-state index contributed by atoms with van der Waals surface area (Å²) in [5, 5.41) is 7.63. The number of para-hydroxylation sites is 1. The minimum atomic E-state index is 0.561. The van der Waals surface area contributed by atoms with E-state index in [4.69, 9.17) is 9.72 Å².